The standard InChI is InChI=1S/C20H18N2/c1-22(17-5-3-2-4-6-17)18-9-7-14-11-15-12-16(21)8-10-19(15)20(14)13-18/h2-10,12-13H,11,21H2,1H3. The third-order valence-corrected chi connectivity index (χ3v) is 4.42. The number of benzene rings is 3. The van der Waals surface area contributed by atoms with Gasteiger partial charge in [-0.25, -0.2) is 0 Å². The maximum absolute atomic E-state index is 5.91. The highest BCUT2D eigenvalue weighted by Gasteiger charge is 2.19. The summed E-state index contributed by atoms with van der Waals surface area (Å²) >= 11 is 0. The smallest absolute Gasteiger partial charge is 0.0414 e. The zero-order valence-electron chi connectivity index (χ0n) is 12.6. The second kappa shape index (κ2) is 4.92. The molecule has 0 saturated heterocycles. The Kier molecular flexibility index (Phi) is 2.90. The minimum atomic E-state index is 0.841. The minimum Gasteiger partial charge on any atom is -0.399 e. The van der Waals surface area contributed by atoms with Gasteiger partial charge in [0.05, 0.1) is 0 Å². The van der Waals surface area contributed by atoms with E-state index in [1.807, 2.05) is 12.1 Å². The number of nitrogens with zero attached hydrogens (tertiary/aromatic N) is 1. The number of nitrogens with two attached hydrogens (primary N) is 1. The van der Waals surface area contributed by atoms with E-state index in [0.29, 0.717) is 0 Å². The van der Waals surface area contributed by atoms with E-state index < -0.39 is 0 Å². The van der Waals surface area contributed by atoms with Gasteiger partial charge in [0.25, 0.3) is 0 Å². The summed E-state index contributed by atoms with van der Waals surface area (Å²) in [5.41, 5.74) is 14.5. The lowest BCUT2D eigenvalue weighted by Gasteiger charge is -2.20. The molecule has 2 nitrogen and oxygen atoms in total. The van der Waals surface area contributed by atoms with Crippen molar-refractivity contribution in [2.45, 2.75) is 6.42 Å². The van der Waals surface area contributed by atoms with Crippen molar-refractivity contribution in [1.29, 1.82) is 0 Å². The zero-order valence-corrected chi connectivity index (χ0v) is 12.6. The van der Waals surface area contributed by atoms with E-state index in [4.69, 9.17) is 5.73 Å². The summed E-state index contributed by atoms with van der Waals surface area (Å²) in [4.78, 5) is 2.22. The van der Waals surface area contributed by atoms with Gasteiger partial charge in [-0.3, -0.25) is 0 Å². The number of hydrogen-bond donors (Lipinski definition) is 1. The van der Waals surface area contributed by atoms with Crippen molar-refractivity contribution in [2.24, 2.45) is 0 Å². The highest BCUT2D eigenvalue weighted by Crippen LogP contribution is 2.40. The van der Waals surface area contributed by atoms with Crippen LogP contribution in [0.3, 0.4) is 0 Å². The average Bonchev–Trinajstić information content (AvgIpc) is 2.91. The van der Waals surface area contributed by atoms with Gasteiger partial charge in [0.15, 0.2) is 0 Å². The first-order valence-electron chi connectivity index (χ1n) is 7.53. The van der Waals surface area contributed by atoms with Crippen LogP contribution in [0.2, 0.25) is 0 Å². The first-order valence-corrected chi connectivity index (χ1v) is 7.53. The van der Waals surface area contributed by atoms with Crippen molar-refractivity contribution in [3.63, 3.8) is 0 Å². The first-order chi connectivity index (χ1) is 10.7. The minimum absolute atomic E-state index is 0.841. The molecule has 1 aliphatic carbocycles. The summed E-state index contributed by atoms with van der Waals surface area (Å²) in [6, 6.07) is 23.4. The summed E-state index contributed by atoms with van der Waals surface area (Å²) in [5.74, 6) is 0. The number of para-hydroxylation sites is 1. The molecule has 22 heavy (non-hydrogen) atoms. The Morgan fingerprint density at radius 2 is 1.59 bits per heavy atom. The van der Waals surface area contributed by atoms with Crippen molar-refractivity contribution >= 4 is 17.1 Å². The Hall–Kier alpha value is -2.74. The largest absolute Gasteiger partial charge is 0.399 e. The molecule has 2 heteroatoms. The molecule has 0 amide bonds. The number of hydrogen-bond acceptors (Lipinski definition) is 2. The molecule has 3 aromatic rings. The van der Waals surface area contributed by atoms with Gasteiger partial charge in [0.2, 0.25) is 0 Å². The summed E-state index contributed by atoms with van der Waals surface area (Å²) in [6.07, 6.45) is 0.977. The lowest BCUT2D eigenvalue weighted by Crippen LogP contribution is -2.09. The third-order valence-electron chi connectivity index (χ3n) is 4.42. The van der Waals surface area contributed by atoms with Gasteiger partial charge in [0.1, 0.15) is 0 Å². The van der Waals surface area contributed by atoms with Gasteiger partial charge in [-0.15, -0.1) is 0 Å². The SMILES string of the molecule is CN(c1ccccc1)c1ccc2c(c1)-c1ccc(N)cc1C2. The van der Waals surface area contributed by atoms with E-state index in [-0.39, 0.29) is 0 Å². The van der Waals surface area contributed by atoms with E-state index in [9.17, 15) is 0 Å². The Morgan fingerprint density at radius 1 is 0.773 bits per heavy atom. The van der Waals surface area contributed by atoms with E-state index in [0.717, 1.165) is 12.1 Å². The highest BCUT2D eigenvalue weighted by molar-refractivity contribution is 5.82. The quantitative estimate of drug-likeness (QED) is 0.545. The molecule has 0 bridgehead atoms. The molecule has 0 fully saturated rings. The van der Waals surface area contributed by atoms with E-state index >= 15 is 0 Å². The molecule has 3 aromatic carbocycles. The fourth-order valence-corrected chi connectivity index (χ4v) is 3.21. The summed E-state index contributed by atoms with van der Waals surface area (Å²) < 4.78 is 0. The van der Waals surface area contributed by atoms with Crippen molar-refractivity contribution in [3.8, 4) is 11.1 Å². The Labute approximate surface area is 130 Å². The van der Waals surface area contributed by atoms with Crippen LogP contribution in [0.5, 0.6) is 0 Å². The van der Waals surface area contributed by atoms with Crippen molar-refractivity contribution < 1.29 is 0 Å². The Balaban J connectivity index is 1.77. The van der Waals surface area contributed by atoms with Crippen LogP contribution in [0, 0.1) is 0 Å². The second-order valence-corrected chi connectivity index (χ2v) is 5.83. The van der Waals surface area contributed by atoms with Crippen LogP contribution >= 0.6 is 0 Å². The van der Waals surface area contributed by atoms with E-state index in [1.54, 1.807) is 0 Å². The van der Waals surface area contributed by atoms with Gasteiger partial charge in [0, 0.05) is 24.1 Å². The Bertz CT molecular complexity index is 838. The summed E-state index contributed by atoms with van der Waals surface area (Å²) in [5, 5.41) is 0. The summed E-state index contributed by atoms with van der Waals surface area (Å²) in [7, 11) is 2.11. The monoisotopic (exact) mass is 286 g/mol. The maximum atomic E-state index is 5.91. The predicted molar refractivity (Wildman–Crippen MR) is 93.6 cm³/mol. The van der Waals surface area contributed by atoms with Crippen molar-refractivity contribution in [1.82, 2.24) is 0 Å². The van der Waals surface area contributed by atoms with Gasteiger partial charge < -0.3 is 10.6 Å². The van der Waals surface area contributed by atoms with Gasteiger partial charge >= 0.3 is 0 Å². The maximum Gasteiger partial charge on any atom is 0.0414 e. The first kappa shape index (κ1) is 13.0. The molecule has 0 unspecified atom stereocenters. The fourth-order valence-electron chi connectivity index (χ4n) is 3.21. The van der Waals surface area contributed by atoms with Gasteiger partial charge in [-0.2, -0.15) is 0 Å². The molecule has 0 radical (unpaired) electrons. The molecule has 2 N–H and O–H groups in total. The number of anilines is 3. The van der Waals surface area contributed by atoms with Gasteiger partial charge in [-0.05, 0) is 65.1 Å². The topological polar surface area (TPSA) is 29.3 Å². The van der Waals surface area contributed by atoms with Crippen LogP contribution in [-0.2, 0) is 6.42 Å². The highest BCUT2D eigenvalue weighted by atomic mass is 15.1. The summed E-state index contributed by atoms with van der Waals surface area (Å²) in [6.45, 7) is 0. The molecule has 108 valence electrons. The number of fused-ring (bicyclic) bond motifs is 3. The zero-order chi connectivity index (χ0) is 15.1. The van der Waals surface area contributed by atoms with Crippen LogP contribution in [-0.4, -0.2) is 7.05 Å². The normalized spacial score (nSPS) is 11.9. The van der Waals surface area contributed by atoms with Crippen molar-refractivity contribution in [3.05, 3.63) is 77.9 Å². The molecule has 0 aliphatic heterocycles. The second-order valence-electron chi connectivity index (χ2n) is 5.83. The molecule has 0 heterocycles. The van der Waals surface area contributed by atoms with Crippen molar-refractivity contribution in [2.75, 3.05) is 17.7 Å². The van der Waals surface area contributed by atoms with E-state index in [1.165, 1.54) is 33.6 Å². The number of nitrogen functional groups attached to an aromatic ring is 1. The molecule has 0 saturated carbocycles. The molecule has 1 aliphatic rings. The van der Waals surface area contributed by atoms with Crippen LogP contribution in [0.15, 0.2) is 66.7 Å². The lowest BCUT2D eigenvalue weighted by atomic mass is 10.0. The molecular weight excluding hydrogens is 268 g/mol. The number of rotatable bonds is 2. The fraction of sp³-hybridized carbons (Fsp3) is 0.100. The molecule has 0 spiro atoms. The third kappa shape index (κ3) is 2.04. The van der Waals surface area contributed by atoms with Crippen LogP contribution in [0.4, 0.5) is 17.1 Å². The average molecular weight is 286 g/mol. The lowest BCUT2D eigenvalue weighted by molar-refractivity contribution is 1.20. The van der Waals surface area contributed by atoms with E-state index in [2.05, 4.69) is 66.5 Å². The Morgan fingerprint density at radius 3 is 2.41 bits per heavy atom. The molecule has 4 rings (SSSR count). The molecular formula is C20H18N2. The van der Waals surface area contributed by atoms with Crippen LogP contribution in [0.1, 0.15) is 11.1 Å². The van der Waals surface area contributed by atoms with Gasteiger partial charge in [-0.1, -0.05) is 30.3 Å². The van der Waals surface area contributed by atoms with Crippen LogP contribution in [0.25, 0.3) is 11.1 Å². The predicted octanol–water partition coefficient (Wildman–Crippen LogP) is 4.61. The molecule has 0 atom stereocenters. The molecule has 0 aromatic heterocycles. The van der Waals surface area contributed by atoms with Crippen LogP contribution < -0.4 is 10.6 Å².